The fraction of sp³-hybridized carbons (Fsp3) is 0. The van der Waals surface area contributed by atoms with Crippen molar-refractivity contribution in [3.63, 3.8) is 0 Å². The zero-order valence-electron chi connectivity index (χ0n) is 76.4. The molecule has 0 unspecified atom stereocenters. The summed E-state index contributed by atoms with van der Waals surface area (Å²) in [6, 6.07) is 167. The van der Waals surface area contributed by atoms with Gasteiger partial charge in [0.2, 0.25) is 0 Å². The van der Waals surface area contributed by atoms with Gasteiger partial charge in [-0.05, 0) is 232 Å². The number of nitrogens with zero attached hydrogens (tertiary/aromatic N) is 6. The molecule has 658 valence electrons. The fourth-order valence-electron chi connectivity index (χ4n) is 24.1. The second kappa shape index (κ2) is 30.4. The highest BCUT2D eigenvalue weighted by atomic mass is 32.1. The SMILES string of the molecule is c1ccc2c(c1)ccc1c3cc4c(cc3n3c5ccccc5cc3c21)sc1ccccc14.c1ccc2c(c1)ccc1c3cc4ccoc4cc3n3c4ccccc4cc3c21.c1ccc2c(c1)ccc1c3cc4oc5ccccc5c4cc3n3c4ccccc4cc3c21.c1ccc2cc3c(cc2c1)c1ccccc1n1c2ccccc2cc31.c1ccc2cc3c(cc2c1)c1cccnc1n1c2ccccc2cc31. The molecule has 0 fully saturated rings. The number of thiophene rings is 1. The average Bonchev–Trinajstić information content (AvgIpc) is 1.55. The number of rotatable bonds is 0. The number of fused-ring (bicyclic) bond motifs is 55. The Morgan fingerprint density at radius 2 is 0.514 bits per heavy atom. The molecule has 35 aromatic rings. The largest absolute Gasteiger partial charge is 0.464 e. The molecule has 0 aliphatic rings. The van der Waals surface area contributed by atoms with Gasteiger partial charge in [-0.1, -0.05) is 303 Å². The van der Waals surface area contributed by atoms with E-state index in [1.165, 1.54) is 259 Å². The maximum absolute atomic E-state index is 6.27. The van der Waals surface area contributed by atoms with Crippen LogP contribution in [0.1, 0.15) is 0 Å². The van der Waals surface area contributed by atoms with E-state index in [2.05, 4.69) is 459 Å². The summed E-state index contributed by atoms with van der Waals surface area (Å²) in [7, 11) is 0. The van der Waals surface area contributed by atoms with Crippen molar-refractivity contribution < 1.29 is 8.83 Å². The first-order chi connectivity index (χ1) is 70.4. The topological polar surface area (TPSA) is 61.2 Å². The summed E-state index contributed by atoms with van der Waals surface area (Å²) < 4.78 is 26.7. The molecule has 0 N–H and O–H groups in total. The molecule has 0 aliphatic carbocycles. The highest BCUT2D eigenvalue weighted by molar-refractivity contribution is 7.25. The van der Waals surface area contributed by atoms with Crippen molar-refractivity contribution in [1.82, 2.24) is 27.0 Å². The molecule has 0 spiro atoms. The van der Waals surface area contributed by atoms with Gasteiger partial charge >= 0.3 is 0 Å². The molecule has 0 atom stereocenters. The second-order valence-corrected chi connectivity index (χ2v) is 39.0. The molecule has 21 aromatic carbocycles. The van der Waals surface area contributed by atoms with Crippen LogP contribution in [0.15, 0.2) is 482 Å². The Morgan fingerprint density at radius 3 is 1.04 bits per heavy atom. The van der Waals surface area contributed by atoms with Crippen LogP contribution in [0.25, 0.3) is 298 Å². The molecule has 0 saturated heterocycles. The van der Waals surface area contributed by atoms with E-state index in [9.17, 15) is 0 Å². The van der Waals surface area contributed by atoms with Gasteiger partial charge in [-0.25, -0.2) is 4.98 Å². The van der Waals surface area contributed by atoms with Gasteiger partial charge in [0.15, 0.2) is 0 Å². The van der Waals surface area contributed by atoms with Gasteiger partial charge in [0.05, 0.1) is 83.5 Å². The van der Waals surface area contributed by atoms with Crippen LogP contribution in [0.4, 0.5) is 0 Å². The lowest BCUT2D eigenvalue weighted by Gasteiger charge is -2.13. The highest BCUT2D eigenvalue weighted by Gasteiger charge is 2.24. The van der Waals surface area contributed by atoms with Gasteiger partial charge in [0.1, 0.15) is 22.4 Å². The van der Waals surface area contributed by atoms with Crippen molar-refractivity contribution >= 4 is 309 Å². The number of para-hydroxylation sites is 7. The molecule has 0 saturated carbocycles. The van der Waals surface area contributed by atoms with E-state index < -0.39 is 0 Å². The quantitative estimate of drug-likeness (QED) is 0.112. The van der Waals surface area contributed by atoms with Crippen LogP contribution < -0.4 is 0 Å². The highest BCUT2D eigenvalue weighted by Crippen LogP contribution is 2.48. The fourth-order valence-corrected chi connectivity index (χ4v) is 25.2. The summed E-state index contributed by atoms with van der Waals surface area (Å²) in [5.41, 5.74) is 21.2. The van der Waals surface area contributed by atoms with E-state index in [0.29, 0.717) is 0 Å². The van der Waals surface area contributed by atoms with E-state index in [4.69, 9.17) is 13.8 Å². The minimum atomic E-state index is 0.923. The Balaban J connectivity index is 0.0000000817. The van der Waals surface area contributed by atoms with Crippen LogP contribution in [0.2, 0.25) is 0 Å². The third-order valence-electron chi connectivity index (χ3n) is 30.3. The molecule has 0 bridgehead atoms. The first-order valence-corrected chi connectivity index (χ1v) is 49.4. The molecule has 9 heteroatoms. The maximum atomic E-state index is 6.27. The lowest BCUT2D eigenvalue weighted by molar-refractivity contribution is 0.616. The number of hydrogen-bond donors (Lipinski definition) is 0. The van der Waals surface area contributed by atoms with Gasteiger partial charge < -0.3 is 26.4 Å². The zero-order valence-corrected chi connectivity index (χ0v) is 77.3. The molecule has 0 radical (unpaired) electrons. The van der Waals surface area contributed by atoms with Gasteiger partial charge in [-0.2, -0.15) is 0 Å². The Bertz CT molecular complexity index is 11500. The summed E-state index contributed by atoms with van der Waals surface area (Å²) in [5, 5.41) is 44.6. The van der Waals surface area contributed by atoms with Crippen molar-refractivity contribution in [3.05, 3.63) is 474 Å². The molecule has 0 amide bonds. The molecule has 14 heterocycles. The third-order valence-corrected chi connectivity index (χ3v) is 31.4. The predicted octanol–water partition coefficient (Wildman–Crippen LogP) is 37.2. The summed E-state index contributed by atoms with van der Waals surface area (Å²) in [6.07, 6.45) is 3.65. The molecule has 8 nitrogen and oxygen atoms in total. The third kappa shape index (κ3) is 11.6. The number of pyridine rings is 6. The zero-order chi connectivity index (χ0) is 92.6. The molecular formula is C133H78N6O2S. The molecule has 35 rings (SSSR count). The van der Waals surface area contributed by atoms with E-state index in [1.807, 2.05) is 41.8 Å². The van der Waals surface area contributed by atoms with E-state index in [1.54, 1.807) is 6.26 Å². The Kier molecular flexibility index (Phi) is 16.8. The average molecular weight is 1820 g/mol. The van der Waals surface area contributed by atoms with Gasteiger partial charge in [0.25, 0.3) is 0 Å². The minimum absolute atomic E-state index is 0.923. The predicted molar refractivity (Wildman–Crippen MR) is 605 cm³/mol. The lowest BCUT2D eigenvalue weighted by atomic mass is 9.97. The number of furan rings is 2. The van der Waals surface area contributed by atoms with Crippen molar-refractivity contribution in [2.45, 2.75) is 0 Å². The van der Waals surface area contributed by atoms with Crippen LogP contribution >= 0.6 is 11.3 Å². The van der Waals surface area contributed by atoms with Gasteiger partial charge in [0, 0.05) is 129 Å². The lowest BCUT2D eigenvalue weighted by Crippen LogP contribution is -1.93. The normalized spacial score (nSPS) is 12.2. The summed E-state index contributed by atoms with van der Waals surface area (Å²) >= 11 is 1.89. The Labute approximate surface area is 812 Å². The van der Waals surface area contributed by atoms with Crippen LogP contribution in [0.3, 0.4) is 0 Å². The first kappa shape index (κ1) is 78.5. The first-order valence-electron chi connectivity index (χ1n) is 48.6. The van der Waals surface area contributed by atoms with Crippen molar-refractivity contribution in [1.29, 1.82) is 0 Å². The van der Waals surface area contributed by atoms with Crippen molar-refractivity contribution in [2.75, 3.05) is 0 Å². The Morgan fingerprint density at radius 1 is 0.162 bits per heavy atom. The molecular weight excluding hydrogens is 1750 g/mol. The van der Waals surface area contributed by atoms with Crippen LogP contribution in [0.5, 0.6) is 0 Å². The van der Waals surface area contributed by atoms with Crippen molar-refractivity contribution in [2.24, 2.45) is 0 Å². The number of benzene rings is 21. The summed E-state index contributed by atoms with van der Waals surface area (Å²) in [4.78, 5) is 4.72. The van der Waals surface area contributed by atoms with Crippen LogP contribution in [0, 0.1) is 0 Å². The number of aromatic nitrogens is 6. The van der Waals surface area contributed by atoms with Crippen LogP contribution in [-0.2, 0) is 0 Å². The van der Waals surface area contributed by atoms with E-state index >= 15 is 0 Å². The second-order valence-electron chi connectivity index (χ2n) is 37.9. The molecule has 0 aliphatic heterocycles. The van der Waals surface area contributed by atoms with Crippen molar-refractivity contribution in [3.8, 4) is 0 Å². The number of hydrogen-bond acceptors (Lipinski definition) is 4. The van der Waals surface area contributed by atoms with Gasteiger partial charge in [-0.3, -0.25) is 4.40 Å². The molecule has 142 heavy (non-hydrogen) atoms. The maximum Gasteiger partial charge on any atom is 0.145 e. The monoisotopic (exact) mass is 1820 g/mol. The van der Waals surface area contributed by atoms with E-state index in [-0.39, 0.29) is 0 Å². The minimum Gasteiger partial charge on any atom is -0.464 e. The van der Waals surface area contributed by atoms with Gasteiger partial charge in [-0.15, -0.1) is 11.3 Å². The standard InChI is InChI=1S/C30H17NO.C30H17NS.C26H15NO.C24H15N.C23H14N2/c1-3-9-20-18(7-1)13-14-22-23-17-29-24(21-10-4-6-12-28(21)32-29)16-26(23)31-25-11-5-2-8-19(25)15-27(31)30(20)22;1-3-9-20-18(7-1)13-14-22-23-16-24-21-10-4-6-12-28(21)32-29(24)17-26(23)31-25-11-5-2-8-19(25)15-27(31)30(20)22;1-3-7-19-16(5-1)9-10-20-21-13-18-11-12-28-25(18)15-23(21)27-22-8-4-2-6-17(22)14-24(27)26(19)20;1-2-8-17-14-21-20(13-16(17)7-1)19-10-4-6-12-23(19)25-22-11-5-3-9-18(22)15-24(21)25;1-2-7-16-13-20-19(12-15(16)6-1)18-9-5-11-24-23(18)25-21-10-4-3-8-17(21)14-22(20)25/h2*1-17H;1-15H;1-15H;1-14H. The van der Waals surface area contributed by atoms with Crippen LogP contribution in [-0.4, -0.2) is 27.0 Å². The van der Waals surface area contributed by atoms with E-state index in [0.717, 1.165) is 38.6 Å². The smallest absolute Gasteiger partial charge is 0.145 e. The molecule has 14 aromatic heterocycles. The Hall–Kier alpha value is -18.7. The summed E-state index contributed by atoms with van der Waals surface area (Å²) in [5.74, 6) is 0. The summed E-state index contributed by atoms with van der Waals surface area (Å²) in [6.45, 7) is 0.